The minimum Gasteiger partial charge on any atom is -0.321 e. The highest BCUT2D eigenvalue weighted by atomic mass is 35.5. The first kappa shape index (κ1) is 15.1. The lowest BCUT2D eigenvalue weighted by Gasteiger charge is -2.05. The highest BCUT2D eigenvalue weighted by Gasteiger charge is 2.09. The van der Waals surface area contributed by atoms with E-state index >= 15 is 0 Å². The molecule has 0 aliphatic carbocycles. The van der Waals surface area contributed by atoms with E-state index in [-0.39, 0.29) is 18.2 Å². The van der Waals surface area contributed by atoms with E-state index in [1.807, 2.05) is 24.3 Å². The molecular weight excluding hydrogens is 222 g/mol. The van der Waals surface area contributed by atoms with Gasteiger partial charge in [0.25, 0.3) is 0 Å². The van der Waals surface area contributed by atoms with Crippen molar-refractivity contribution < 1.29 is 4.79 Å². The van der Waals surface area contributed by atoms with Gasteiger partial charge in [0.1, 0.15) is 0 Å². The number of aryl methyl sites for hydroxylation is 1. The molecule has 3 heteroatoms. The number of carbonyl (C=O) groups excluding carboxylic acids is 1. The summed E-state index contributed by atoms with van der Waals surface area (Å²) in [6.45, 7) is 3.89. The molecule has 0 bridgehead atoms. The van der Waals surface area contributed by atoms with Crippen LogP contribution in [0.4, 0.5) is 0 Å². The molecule has 1 aromatic rings. The normalized spacial score (nSPS) is 11.7. The van der Waals surface area contributed by atoms with Crippen LogP contribution in [-0.2, 0) is 6.42 Å². The monoisotopic (exact) mass is 241 g/mol. The first-order valence-electron chi connectivity index (χ1n) is 5.54. The predicted molar refractivity (Wildman–Crippen MR) is 70.3 cm³/mol. The Morgan fingerprint density at radius 2 is 1.88 bits per heavy atom. The number of rotatable bonds is 5. The first-order valence-corrected chi connectivity index (χ1v) is 5.54. The van der Waals surface area contributed by atoms with Crippen molar-refractivity contribution in [3.8, 4) is 0 Å². The molecule has 0 amide bonds. The van der Waals surface area contributed by atoms with Crippen molar-refractivity contribution in [2.45, 2.75) is 39.2 Å². The number of hydrogen-bond acceptors (Lipinski definition) is 2. The summed E-state index contributed by atoms with van der Waals surface area (Å²) in [7, 11) is 0. The van der Waals surface area contributed by atoms with Crippen LogP contribution >= 0.6 is 12.4 Å². The summed E-state index contributed by atoms with van der Waals surface area (Å²) in [5.74, 6) is 0.0111. The van der Waals surface area contributed by atoms with Gasteiger partial charge in [0.15, 0.2) is 5.78 Å². The van der Waals surface area contributed by atoms with Gasteiger partial charge in [0, 0.05) is 5.56 Å². The Bertz CT molecular complexity index is 319. The van der Waals surface area contributed by atoms with E-state index < -0.39 is 6.04 Å². The van der Waals surface area contributed by atoms with Crippen LogP contribution in [0.1, 0.15) is 42.6 Å². The van der Waals surface area contributed by atoms with Gasteiger partial charge < -0.3 is 5.73 Å². The maximum absolute atomic E-state index is 11.5. The van der Waals surface area contributed by atoms with Crippen molar-refractivity contribution in [2.24, 2.45) is 5.73 Å². The maximum Gasteiger partial charge on any atom is 0.179 e. The van der Waals surface area contributed by atoms with E-state index in [4.69, 9.17) is 5.73 Å². The molecule has 1 rings (SSSR count). The van der Waals surface area contributed by atoms with E-state index in [2.05, 4.69) is 6.92 Å². The molecule has 2 N–H and O–H groups in total. The number of ketones is 1. The highest BCUT2D eigenvalue weighted by Crippen LogP contribution is 2.09. The summed E-state index contributed by atoms with van der Waals surface area (Å²) in [4.78, 5) is 11.5. The van der Waals surface area contributed by atoms with Crippen LogP contribution in [-0.4, -0.2) is 11.8 Å². The molecule has 0 aromatic heterocycles. The standard InChI is InChI=1S/C13H19NO.ClH/c1-3-4-5-11-6-8-12(9-7-11)13(15)10(2)14;/h6-10H,3-5,14H2,1-2H3;1H. The Kier molecular flexibility index (Phi) is 7.02. The SMILES string of the molecule is CCCCc1ccc(C(=O)C(C)N)cc1.Cl. The van der Waals surface area contributed by atoms with Gasteiger partial charge in [-0.3, -0.25) is 4.79 Å². The molecule has 1 atom stereocenters. The summed E-state index contributed by atoms with van der Waals surface area (Å²) in [6, 6.07) is 7.37. The number of Topliss-reactive ketones (excluding diaryl/α,β-unsaturated/α-hetero) is 1. The van der Waals surface area contributed by atoms with Gasteiger partial charge in [0.05, 0.1) is 6.04 Å². The second kappa shape index (κ2) is 7.42. The van der Waals surface area contributed by atoms with Gasteiger partial charge in [-0.2, -0.15) is 0 Å². The summed E-state index contributed by atoms with van der Waals surface area (Å²) in [5, 5.41) is 0. The van der Waals surface area contributed by atoms with Crippen molar-refractivity contribution in [3.05, 3.63) is 35.4 Å². The van der Waals surface area contributed by atoms with Crippen LogP contribution in [0.3, 0.4) is 0 Å². The summed E-state index contributed by atoms with van der Waals surface area (Å²) in [6.07, 6.45) is 3.48. The number of benzene rings is 1. The van der Waals surface area contributed by atoms with Crippen molar-refractivity contribution in [1.29, 1.82) is 0 Å². The fraction of sp³-hybridized carbons (Fsp3) is 0.462. The molecule has 1 aromatic carbocycles. The lowest BCUT2D eigenvalue weighted by Crippen LogP contribution is -2.26. The van der Waals surface area contributed by atoms with Gasteiger partial charge >= 0.3 is 0 Å². The molecule has 0 aliphatic rings. The number of nitrogens with two attached hydrogens (primary N) is 1. The lowest BCUT2D eigenvalue weighted by molar-refractivity contribution is 0.0968. The third-order valence-electron chi connectivity index (χ3n) is 2.47. The number of halogens is 1. The van der Waals surface area contributed by atoms with E-state index in [1.54, 1.807) is 6.92 Å². The first-order chi connectivity index (χ1) is 7.15. The molecule has 0 aliphatic heterocycles. The zero-order valence-electron chi connectivity index (χ0n) is 9.90. The van der Waals surface area contributed by atoms with Crippen molar-refractivity contribution in [3.63, 3.8) is 0 Å². The molecule has 0 fully saturated rings. The molecule has 0 saturated heterocycles. The fourth-order valence-electron chi connectivity index (χ4n) is 1.48. The predicted octanol–water partition coefficient (Wildman–Crippen LogP) is 2.98. The van der Waals surface area contributed by atoms with E-state index in [0.717, 1.165) is 6.42 Å². The minimum absolute atomic E-state index is 0. The minimum atomic E-state index is -0.411. The topological polar surface area (TPSA) is 43.1 Å². The largest absolute Gasteiger partial charge is 0.321 e. The van der Waals surface area contributed by atoms with Gasteiger partial charge in [-0.15, -0.1) is 12.4 Å². The zero-order valence-corrected chi connectivity index (χ0v) is 10.7. The number of unbranched alkanes of at least 4 members (excludes halogenated alkanes) is 1. The Labute approximate surface area is 104 Å². The average molecular weight is 242 g/mol. The van der Waals surface area contributed by atoms with Crippen molar-refractivity contribution in [1.82, 2.24) is 0 Å². The van der Waals surface area contributed by atoms with Crippen molar-refractivity contribution >= 4 is 18.2 Å². The second-order valence-corrected chi connectivity index (χ2v) is 3.95. The van der Waals surface area contributed by atoms with Gasteiger partial charge in [0.2, 0.25) is 0 Å². The summed E-state index contributed by atoms with van der Waals surface area (Å²) >= 11 is 0. The summed E-state index contributed by atoms with van der Waals surface area (Å²) < 4.78 is 0. The molecule has 1 unspecified atom stereocenters. The van der Waals surface area contributed by atoms with E-state index in [1.165, 1.54) is 18.4 Å². The number of carbonyl (C=O) groups is 1. The molecule has 0 radical (unpaired) electrons. The third-order valence-corrected chi connectivity index (χ3v) is 2.47. The molecule has 0 heterocycles. The molecule has 0 spiro atoms. The van der Waals surface area contributed by atoms with Crippen molar-refractivity contribution in [2.75, 3.05) is 0 Å². The molecular formula is C13H20ClNO. The smallest absolute Gasteiger partial charge is 0.179 e. The average Bonchev–Trinajstić information content (AvgIpc) is 2.26. The molecule has 0 saturated carbocycles. The lowest BCUT2D eigenvalue weighted by atomic mass is 10.0. The number of hydrogen-bond donors (Lipinski definition) is 1. The van der Waals surface area contributed by atoms with Crippen LogP contribution < -0.4 is 5.73 Å². The van der Waals surface area contributed by atoms with Crippen LogP contribution in [0, 0.1) is 0 Å². The Morgan fingerprint density at radius 3 is 2.31 bits per heavy atom. The second-order valence-electron chi connectivity index (χ2n) is 3.95. The van der Waals surface area contributed by atoms with E-state index in [0.29, 0.717) is 5.56 Å². The molecule has 2 nitrogen and oxygen atoms in total. The maximum atomic E-state index is 11.5. The Morgan fingerprint density at radius 1 is 1.31 bits per heavy atom. The van der Waals surface area contributed by atoms with Gasteiger partial charge in [-0.05, 0) is 25.3 Å². The van der Waals surface area contributed by atoms with Crippen LogP contribution in [0.5, 0.6) is 0 Å². The fourth-order valence-corrected chi connectivity index (χ4v) is 1.48. The quantitative estimate of drug-likeness (QED) is 0.806. The Hall–Kier alpha value is -0.860. The highest BCUT2D eigenvalue weighted by molar-refractivity contribution is 5.99. The van der Waals surface area contributed by atoms with E-state index in [9.17, 15) is 4.79 Å². The zero-order chi connectivity index (χ0) is 11.3. The third kappa shape index (κ3) is 4.33. The molecule has 90 valence electrons. The Balaban J connectivity index is 0.00000225. The van der Waals surface area contributed by atoms with Crippen LogP contribution in [0.25, 0.3) is 0 Å². The van der Waals surface area contributed by atoms with Crippen LogP contribution in [0.2, 0.25) is 0 Å². The molecule has 16 heavy (non-hydrogen) atoms. The van der Waals surface area contributed by atoms with Gasteiger partial charge in [-0.1, -0.05) is 37.6 Å². The van der Waals surface area contributed by atoms with Gasteiger partial charge in [-0.25, -0.2) is 0 Å². The van der Waals surface area contributed by atoms with Crippen LogP contribution in [0.15, 0.2) is 24.3 Å². The summed E-state index contributed by atoms with van der Waals surface area (Å²) in [5.41, 5.74) is 7.54.